The molecule has 2 aromatic rings. The zero-order valence-corrected chi connectivity index (χ0v) is 15.6. The van der Waals surface area contributed by atoms with Crippen LogP contribution in [-0.2, 0) is 6.54 Å². The van der Waals surface area contributed by atoms with Gasteiger partial charge in [-0.25, -0.2) is 9.97 Å². The summed E-state index contributed by atoms with van der Waals surface area (Å²) in [5, 5.41) is 3.51. The first kappa shape index (κ1) is 17.8. The molecule has 3 rings (SSSR count). The van der Waals surface area contributed by atoms with Gasteiger partial charge in [0.05, 0.1) is 5.69 Å². The third kappa shape index (κ3) is 4.54. The van der Waals surface area contributed by atoms with Gasteiger partial charge >= 0.3 is 0 Å². The van der Waals surface area contributed by atoms with Crippen molar-refractivity contribution in [1.29, 1.82) is 0 Å². The summed E-state index contributed by atoms with van der Waals surface area (Å²) < 4.78 is 0. The molecule has 1 atom stereocenters. The first-order valence-electron chi connectivity index (χ1n) is 9.35. The van der Waals surface area contributed by atoms with Crippen molar-refractivity contribution in [1.82, 2.24) is 20.3 Å². The van der Waals surface area contributed by atoms with E-state index in [2.05, 4.69) is 41.1 Å². The maximum atomic E-state index is 4.78. The number of rotatable bonds is 6. The molecule has 0 aliphatic heterocycles. The zero-order chi connectivity index (χ0) is 17.6. The quantitative estimate of drug-likeness (QED) is 0.867. The lowest BCUT2D eigenvalue weighted by molar-refractivity contribution is 0.423. The number of nitrogens with one attached hydrogen (secondary N) is 1. The maximum absolute atomic E-state index is 4.78. The molecule has 25 heavy (non-hydrogen) atoms. The first-order chi connectivity index (χ1) is 12.1. The van der Waals surface area contributed by atoms with E-state index in [0.717, 1.165) is 29.4 Å². The fraction of sp³-hybridized carbons (Fsp3) is 0.550. The van der Waals surface area contributed by atoms with E-state index in [9.17, 15) is 0 Å². The standard InChI is InChI=1S/C20H29N5/c1-15(22-13-17-9-7-8-12-21-17)19-14-23-20(24-16(19)2)25(3)18-10-5-4-6-11-18/h7-9,12,14-15,18,22H,4-6,10-11,13H2,1-3H3/t15-/m1/s1. The number of aryl methyl sites for hydroxylation is 1. The van der Waals surface area contributed by atoms with Gasteiger partial charge < -0.3 is 10.2 Å². The molecule has 0 saturated heterocycles. The molecule has 2 aromatic heterocycles. The third-order valence-corrected chi connectivity index (χ3v) is 5.22. The lowest BCUT2D eigenvalue weighted by Crippen LogP contribution is -2.34. The van der Waals surface area contributed by atoms with Crippen LogP contribution in [0.2, 0.25) is 0 Å². The number of pyridine rings is 1. The van der Waals surface area contributed by atoms with Crippen LogP contribution >= 0.6 is 0 Å². The molecule has 5 nitrogen and oxygen atoms in total. The Morgan fingerprint density at radius 2 is 2.00 bits per heavy atom. The van der Waals surface area contributed by atoms with Crippen LogP contribution in [0.25, 0.3) is 0 Å². The van der Waals surface area contributed by atoms with E-state index in [1.807, 2.05) is 30.6 Å². The van der Waals surface area contributed by atoms with Crippen molar-refractivity contribution in [2.75, 3.05) is 11.9 Å². The summed E-state index contributed by atoms with van der Waals surface area (Å²) in [5.41, 5.74) is 3.24. The van der Waals surface area contributed by atoms with Crippen molar-refractivity contribution in [3.63, 3.8) is 0 Å². The average molecular weight is 339 g/mol. The normalized spacial score (nSPS) is 16.6. The summed E-state index contributed by atoms with van der Waals surface area (Å²) in [5.74, 6) is 0.852. The van der Waals surface area contributed by atoms with Crippen molar-refractivity contribution >= 4 is 5.95 Å². The fourth-order valence-corrected chi connectivity index (χ4v) is 3.56. The number of anilines is 1. The topological polar surface area (TPSA) is 53.9 Å². The average Bonchev–Trinajstić information content (AvgIpc) is 2.67. The van der Waals surface area contributed by atoms with E-state index in [0.29, 0.717) is 6.04 Å². The second-order valence-corrected chi connectivity index (χ2v) is 7.04. The minimum atomic E-state index is 0.191. The SMILES string of the molecule is Cc1nc(N(C)C2CCCCC2)ncc1[C@@H](C)NCc1ccccn1. The van der Waals surface area contributed by atoms with Crippen LogP contribution in [0.5, 0.6) is 0 Å². The Morgan fingerprint density at radius 3 is 2.68 bits per heavy atom. The van der Waals surface area contributed by atoms with Crippen LogP contribution in [0.1, 0.15) is 62.0 Å². The molecule has 1 aliphatic carbocycles. The van der Waals surface area contributed by atoms with Crippen LogP contribution in [0, 0.1) is 6.92 Å². The number of nitrogens with zero attached hydrogens (tertiary/aromatic N) is 4. The number of aromatic nitrogens is 3. The zero-order valence-electron chi connectivity index (χ0n) is 15.6. The maximum Gasteiger partial charge on any atom is 0.225 e. The Bertz CT molecular complexity index is 667. The summed E-state index contributed by atoms with van der Waals surface area (Å²) in [4.78, 5) is 16.1. The summed E-state index contributed by atoms with van der Waals surface area (Å²) >= 11 is 0. The van der Waals surface area contributed by atoms with Crippen molar-refractivity contribution in [3.8, 4) is 0 Å². The molecule has 1 aliphatic rings. The summed E-state index contributed by atoms with van der Waals surface area (Å²) in [6.45, 7) is 4.97. The number of hydrogen-bond donors (Lipinski definition) is 1. The van der Waals surface area contributed by atoms with Crippen LogP contribution in [0.4, 0.5) is 5.95 Å². The molecule has 134 valence electrons. The molecule has 2 heterocycles. The molecule has 0 spiro atoms. The molecule has 5 heteroatoms. The predicted molar refractivity (Wildman–Crippen MR) is 102 cm³/mol. The van der Waals surface area contributed by atoms with Crippen molar-refractivity contribution in [3.05, 3.63) is 47.5 Å². The highest BCUT2D eigenvalue weighted by atomic mass is 15.3. The largest absolute Gasteiger partial charge is 0.341 e. The van der Waals surface area contributed by atoms with Gasteiger partial charge in [0.2, 0.25) is 5.95 Å². The molecule has 0 radical (unpaired) electrons. The Morgan fingerprint density at radius 1 is 1.20 bits per heavy atom. The van der Waals surface area contributed by atoms with Gasteiger partial charge in [-0.1, -0.05) is 25.3 Å². The Labute approximate surface area is 150 Å². The van der Waals surface area contributed by atoms with Crippen molar-refractivity contribution in [2.45, 2.75) is 64.6 Å². The van der Waals surface area contributed by atoms with Gasteiger partial charge in [0.1, 0.15) is 0 Å². The highest BCUT2D eigenvalue weighted by Gasteiger charge is 2.21. The van der Waals surface area contributed by atoms with Gasteiger partial charge in [-0.2, -0.15) is 0 Å². The first-order valence-corrected chi connectivity index (χ1v) is 9.35. The third-order valence-electron chi connectivity index (χ3n) is 5.22. The van der Waals surface area contributed by atoms with E-state index in [1.165, 1.54) is 32.1 Å². The number of hydrogen-bond acceptors (Lipinski definition) is 5. The molecule has 1 N–H and O–H groups in total. The lowest BCUT2D eigenvalue weighted by atomic mass is 9.95. The van der Waals surface area contributed by atoms with Gasteiger partial charge in [0.25, 0.3) is 0 Å². The van der Waals surface area contributed by atoms with E-state index in [4.69, 9.17) is 4.98 Å². The predicted octanol–water partition coefficient (Wildman–Crippen LogP) is 3.80. The van der Waals surface area contributed by atoms with Gasteiger partial charge in [-0.3, -0.25) is 4.98 Å². The monoisotopic (exact) mass is 339 g/mol. The van der Waals surface area contributed by atoms with Gasteiger partial charge in [0.15, 0.2) is 0 Å². The van der Waals surface area contributed by atoms with Crippen LogP contribution < -0.4 is 10.2 Å². The van der Waals surface area contributed by atoms with E-state index in [-0.39, 0.29) is 6.04 Å². The van der Waals surface area contributed by atoms with E-state index in [1.54, 1.807) is 0 Å². The molecular formula is C20H29N5. The molecule has 0 unspecified atom stereocenters. The molecule has 1 saturated carbocycles. The summed E-state index contributed by atoms with van der Waals surface area (Å²) in [6, 6.07) is 6.76. The molecular weight excluding hydrogens is 310 g/mol. The van der Waals surface area contributed by atoms with Gasteiger partial charge in [-0.15, -0.1) is 0 Å². The van der Waals surface area contributed by atoms with Gasteiger partial charge in [-0.05, 0) is 38.8 Å². The molecule has 0 bridgehead atoms. The lowest BCUT2D eigenvalue weighted by Gasteiger charge is -2.31. The molecule has 0 amide bonds. The minimum absolute atomic E-state index is 0.191. The highest BCUT2D eigenvalue weighted by molar-refractivity contribution is 5.34. The van der Waals surface area contributed by atoms with E-state index < -0.39 is 0 Å². The fourth-order valence-electron chi connectivity index (χ4n) is 3.56. The van der Waals surface area contributed by atoms with Crippen LogP contribution in [-0.4, -0.2) is 28.0 Å². The summed E-state index contributed by atoms with van der Waals surface area (Å²) in [7, 11) is 2.13. The Kier molecular flexibility index (Phi) is 5.97. The van der Waals surface area contributed by atoms with Crippen LogP contribution in [0.15, 0.2) is 30.6 Å². The highest BCUT2D eigenvalue weighted by Crippen LogP contribution is 2.25. The van der Waals surface area contributed by atoms with Crippen molar-refractivity contribution < 1.29 is 0 Å². The smallest absolute Gasteiger partial charge is 0.225 e. The second kappa shape index (κ2) is 8.39. The second-order valence-electron chi connectivity index (χ2n) is 7.04. The Hall–Kier alpha value is -2.01. The minimum Gasteiger partial charge on any atom is -0.341 e. The summed E-state index contributed by atoms with van der Waals surface area (Å²) in [6.07, 6.45) is 10.3. The molecule has 1 fully saturated rings. The van der Waals surface area contributed by atoms with E-state index >= 15 is 0 Å². The van der Waals surface area contributed by atoms with Crippen molar-refractivity contribution in [2.24, 2.45) is 0 Å². The van der Waals surface area contributed by atoms with Gasteiger partial charge in [0, 0.05) is 49.3 Å². The molecule has 0 aromatic carbocycles. The van der Waals surface area contributed by atoms with Crippen LogP contribution in [0.3, 0.4) is 0 Å². The Balaban J connectivity index is 1.64.